The van der Waals surface area contributed by atoms with Crippen molar-refractivity contribution in [2.75, 3.05) is 21.3 Å². The second-order valence-corrected chi connectivity index (χ2v) is 5.94. The van der Waals surface area contributed by atoms with Crippen molar-refractivity contribution in [3.8, 4) is 17.2 Å². The predicted molar refractivity (Wildman–Crippen MR) is 101 cm³/mol. The predicted octanol–water partition coefficient (Wildman–Crippen LogP) is 3.78. The zero-order chi connectivity index (χ0) is 18.7. The maximum atomic E-state index is 12.6. The smallest absolute Gasteiger partial charge is 0.269 e. The van der Waals surface area contributed by atoms with Crippen molar-refractivity contribution in [2.45, 2.75) is 6.54 Å². The highest BCUT2D eigenvalue weighted by atomic mass is 35.5. The Morgan fingerprint density at radius 1 is 1.04 bits per heavy atom. The Balaban J connectivity index is 1.83. The third-order valence-electron chi connectivity index (χ3n) is 4.10. The number of aromatic amines is 1. The van der Waals surface area contributed by atoms with Crippen LogP contribution in [0.1, 0.15) is 16.1 Å². The van der Waals surface area contributed by atoms with E-state index in [-0.39, 0.29) is 12.5 Å². The minimum absolute atomic E-state index is 0.244. The molecule has 3 rings (SSSR count). The summed E-state index contributed by atoms with van der Waals surface area (Å²) in [5.41, 5.74) is 1.89. The number of nitrogens with one attached hydrogen (secondary N) is 2. The largest absolute Gasteiger partial charge is 0.496 e. The molecule has 0 radical (unpaired) electrons. The minimum atomic E-state index is -0.303. The van der Waals surface area contributed by atoms with Crippen LogP contribution in [0.25, 0.3) is 10.9 Å². The van der Waals surface area contributed by atoms with Gasteiger partial charge >= 0.3 is 0 Å². The van der Waals surface area contributed by atoms with E-state index in [1.54, 1.807) is 33.5 Å². The van der Waals surface area contributed by atoms with Gasteiger partial charge in [-0.1, -0.05) is 29.8 Å². The Labute approximate surface area is 156 Å². The fourth-order valence-electron chi connectivity index (χ4n) is 2.76. The van der Waals surface area contributed by atoms with E-state index in [4.69, 9.17) is 25.8 Å². The number of para-hydroxylation sites is 1. The maximum Gasteiger partial charge on any atom is 0.269 e. The van der Waals surface area contributed by atoms with Crippen LogP contribution in [0, 0.1) is 0 Å². The average molecular weight is 375 g/mol. The van der Waals surface area contributed by atoms with E-state index >= 15 is 0 Å². The standard InChI is InChI=1S/C19H19ClN2O4/c1-24-14-9-16(26-3)15(25-2)8-11(14)10-21-19(23)18-17(20)12-6-4-5-7-13(12)22-18/h4-9,22H,10H2,1-3H3,(H,21,23). The van der Waals surface area contributed by atoms with Crippen LogP contribution >= 0.6 is 11.6 Å². The number of methoxy groups -OCH3 is 3. The van der Waals surface area contributed by atoms with Gasteiger partial charge in [0.05, 0.1) is 26.4 Å². The Kier molecular flexibility index (Phi) is 5.23. The summed E-state index contributed by atoms with van der Waals surface area (Å²) in [6.45, 7) is 0.244. The van der Waals surface area contributed by atoms with Gasteiger partial charge in [0.15, 0.2) is 11.5 Å². The molecule has 0 aliphatic carbocycles. The lowest BCUT2D eigenvalue weighted by Gasteiger charge is -2.14. The van der Waals surface area contributed by atoms with Crippen LogP contribution < -0.4 is 19.5 Å². The molecular formula is C19H19ClN2O4. The lowest BCUT2D eigenvalue weighted by molar-refractivity contribution is 0.0946. The second-order valence-electron chi connectivity index (χ2n) is 5.56. The molecule has 1 aromatic heterocycles. The van der Waals surface area contributed by atoms with Crippen LogP contribution in [-0.2, 0) is 6.54 Å². The van der Waals surface area contributed by atoms with Crippen molar-refractivity contribution >= 4 is 28.4 Å². The van der Waals surface area contributed by atoms with Crippen LogP contribution in [0.15, 0.2) is 36.4 Å². The molecule has 26 heavy (non-hydrogen) atoms. The zero-order valence-electron chi connectivity index (χ0n) is 14.7. The van der Waals surface area contributed by atoms with Gasteiger partial charge in [0.1, 0.15) is 11.4 Å². The quantitative estimate of drug-likeness (QED) is 0.688. The molecule has 0 saturated heterocycles. The SMILES string of the molecule is COc1cc(OC)c(OC)cc1CNC(=O)c1[nH]c2ccccc2c1Cl. The number of carbonyl (C=O) groups is 1. The van der Waals surface area contributed by atoms with Gasteiger partial charge in [0.2, 0.25) is 0 Å². The van der Waals surface area contributed by atoms with Gasteiger partial charge in [-0.15, -0.1) is 0 Å². The molecule has 0 atom stereocenters. The molecule has 7 heteroatoms. The van der Waals surface area contributed by atoms with Crippen molar-refractivity contribution in [2.24, 2.45) is 0 Å². The second kappa shape index (κ2) is 7.58. The van der Waals surface area contributed by atoms with Gasteiger partial charge in [0, 0.05) is 29.1 Å². The summed E-state index contributed by atoms with van der Waals surface area (Å²) < 4.78 is 15.9. The van der Waals surface area contributed by atoms with Gasteiger partial charge in [-0.2, -0.15) is 0 Å². The summed E-state index contributed by atoms with van der Waals surface area (Å²) in [5.74, 6) is 1.40. The summed E-state index contributed by atoms with van der Waals surface area (Å²) in [4.78, 5) is 15.6. The molecule has 2 aromatic carbocycles. The Morgan fingerprint density at radius 2 is 1.69 bits per heavy atom. The fourth-order valence-corrected chi connectivity index (χ4v) is 3.06. The number of ether oxygens (including phenoxy) is 3. The first-order chi connectivity index (χ1) is 12.6. The first-order valence-corrected chi connectivity index (χ1v) is 8.30. The molecule has 0 unspecified atom stereocenters. The van der Waals surface area contributed by atoms with Crippen molar-refractivity contribution in [1.82, 2.24) is 10.3 Å². The molecule has 0 fully saturated rings. The van der Waals surface area contributed by atoms with Gasteiger partial charge < -0.3 is 24.5 Å². The molecule has 136 valence electrons. The summed E-state index contributed by atoms with van der Waals surface area (Å²) in [6.07, 6.45) is 0. The van der Waals surface area contributed by atoms with Gasteiger partial charge in [-0.3, -0.25) is 4.79 Å². The number of rotatable bonds is 6. The molecule has 2 N–H and O–H groups in total. The van der Waals surface area contributed by atoms with Gasteiger partial charge in [-0.05, 0) is 12.1 Å². The minimum Gasteiger partial charge on any atom is -0.496 e. The van der Waals surface area contributed by atoms with E-state index in [1.807, 2.05) is 24.3 Å². The molecule has 0 bridgehead atoms. The molecule has 6 nitrogen and oxygen atoms in total. The molecule has 1 amide bonds. The number of amides is 1. The summed E-state index contributed by atoms with van der Waals surface area (Å²) in [6, 6.07) is 11.0. The molecule has 0 saturated carbocycles. The number of H-pyrrole nitrogens is 1. The number of fused-ring (bicyclic) bond motifs is 1. The van der Waals surface area contributed by atoms with Crippen LogP contribution in [0.5, 0.6) is 17.2 Å². The molecule has 0 spiro atoms. The highest BCUT2D eigenvalue weighted by Gasteiger charge is 2.17. The summed E-state index contributed by atoms with van der Waals surface area (Å²) in [7, 11) is 4.66. The number of carbonyl (C=O) groups excluding carboxylic acids is 1. The van der Waals surface area contributed by atoms with E-state index in [1.165, 1.54) is 0 Å². The number of hydrogen-bond donors (Lipinski definition) is 2. The van der Waals surface area contributed by atoms with Crippen LogP contribution in [0.3, 0.4) is 0 Å². The van der Waals surface area contributed by atoms with Gasteiger partial charge in [-0.25, -0.2) is 0 Å². The number of hydrogen-bond acceptors (Lipinski definition) is 4. The molecule has 3 aromatic rings. The van der Waals surface area contributed by atoms with Crippen LogP contribution in [0.4, 0.5) is 0 Å². The topological polar surface area (TPSA) is 72.6 Å². The lowest BCUT2D eigenvalue weighted by atomic mass is 10.1. The lowest BCUT2D eigenvalue weighted by Crippen LogP contribution is -2.23. The molecule has 1 heterocycles. The van der Waals surface area contributed by atoms with E-state index in [0.717, 1.165) is 16.5 Å². The first kappa shape index (κ1) is 17.9. The van der Waals surface area contributed by atoms with E-state index in [2.05, 4.69) is 10.3 Å². The summed E-state index contributed by atoms with van der Waals surface area (Å²) in [5, 5.41) is 4.06. The van der Waals surface area contributed by atoms with Crippen LogP contribution in [0.2, 0.25) is 5.02 Å². The molecule has 0 aliphatic rings. The van der Waals surface area contributed by atoms with Crippen LogP contribution in [-0.4, -0.2) is 32.2 Å². The van der Waals surface area contributed by atoms with Gasteiger partial charge in [0.25, 0.3) is 5.91 Å². The normalized spacial score (nSPS) is 10.6. The van der Waals surface area contributed by atoms with Crippen molar-refractivity contribution in [1.29, 1.82) is 0 Å². The Morgan fingerprint density at radius 3 is 2.35 bits per heavy atom. The fraction of sp³-hybridized carbons (Fsp3) is 0.211. The number of aromatic nitrogens is 1. The highest BCUT2D eigenvalue weighted by Crippen LogP contribution is 2.34. The number of benzene rings is 2. The first-order valence-electron chi connectivity index (χ1n) is 7.92. The van der Waals surface area contributed by atoms with E-state index < -0.39 is 0 Å². The third-order valence-corrected chi connectivity index (χ3v) is 4.49. The van der Waals surface area contributed by atoms with E-state index in [0.29, 0.717) is 28.0 Å². The third kappa shape index (κ3) is 3.28. The van der Waals surface area contributed by atoms with Crippen molar-refractivity contribution in [3.63, 3.8) is 0 Å². The molecule has 0 aliphatic heterocycles. The summed E-state index contributed by atoms with van der Waals surface area (Å²) >= 11 is 6.33. The maximum absolute atomic E-state index is 12.6. The monoisotopic (exact) mass is 374 g/mol. The number of halogens is 1. The average Bonchev–Trinajstić information content (AvgIpc) is 3.02. The Hall–Kier alpha value is -2.86. The van der Waals surface area contributed by atoms with Crippen molar-refractivity contribution < 1.29 is 19.0 Å². The van der Waals surface area contributed by atoms with Crippen molar-refractivity contribution in [3.05, 3.63) is 52.7 Å². The molecular weight excluding hydrogens is 356 g/mol. The Bertz CT molecular complexity index is 952. The zero-order valence-corrected chi connectivity index (χ0v) is 15.4. The highest BCUT2D eigenvalue weighted by molar-refractivity contribution is 6.38. The van der Waals surface area contributed by atoms with E-state index in [9.17, 15) is 4.79 Å².